The summed E-state index contributed by atoms with van der Waals surface area (Å²) in [5.74, 6) is 2.04. The zero-order chi connectivity index (χ0) is 17.4. The summed E-state index contributed by atoms with van der Waals surface area (Å²) < 4.78 is 11.1. The molecule has 2 atom stereocenters. The molecular weight excluding hydrogens is 320 g/mol. The molecule has 1 saturated carbocycles. The fraction of sp³-hybridized carbons (Fsp3) is 0.611. The molecule has 1 saturated heterocycles. The van der Waals surface area contributed by atoms with Gasteiger partial charge in [-0.05, 0) is 38.8 Å². The number of hydrogen-bond donors (Lipinski definition) is 1. The van der Waals surface area contributed by atoms with Crippen molar-refractivity contribution in [1.82, 2.24) is 15.1 Å². The molecule has 2 fully saturated rings. The molecular formula is C18H24N4O3. The molecule has 2 aromatic heterocycles. The van der Waals surface area contributed by atoms with Gasteiger partial charge in [-0.1, -0.05) is 5.16 Å². The van der Waals surface area contributed by atoms with Gasteiger partial charge in [0.2, 0.25) is 0 Å². The number of anilines is 1. The summed E-state index contributed by atoms with van der Waals surface area (Å²) in [6, 6.07) is 3.87. The van der Waals surface area contributed by atoms with Crippen molar-refractivity contribution in [3.05, 3.63) is 24.2 Å². The van der Waals surface area contributed by atoms with Crippen LogP contribution in [0.4, 0.5) is 5.82 Å². The van der Waals surface area contributed by atoms with E-state index in [4.69, 9.17) is 9.26 Å². The van der Waals surface area contributed by atoms with Gasteiger partial charge in [-0.15, -0.1) is 0 Å². The first kappa shape index (κ1) is 16.5. The largest absolute Gasteiger partial charge is 0.392 e. The zero-order valence-corrected chi connectivity index (χ0v) is 14.7. The highest BCUT2D eigenvalue weighted by Crippen LogP contribution is 2.51. The second-order valence-electron chi connectivity index (χ2n) is 6.97. The fourth-order valence-electron chi connectivity index (χ4n) is 4.11. The Labute approximate surface area is 147 Å². The summed E-state index contributed by atoms with van der Waals surface area (Å²) in [7, 11) is 0. The standard InChI is InChI=1S/C18H24N4O3/c1-3-24-15-11-14(23)18(15)5-8-22(9-6-18)16-10-13(4-7-19-16)17-20-12(2)21-25-17/h4,7,10,14-15,23H,3,5-6,8-9,11H2,1-2H3. The van der Waals surface area contributed by atoms with E-state index in [0.717, 1.165) is 43.7 Å². The molecule has 1 spiro atoms. The lowest BCUT2D eigenvalue weighted by Gasteiger charge is -2.56. The molecule has 0 amide bonds. The van der Waals surface area contributed by atoms with Crippen LogP contribution in [0.25, 0.3) is 11.5 Å². The number of aryl methyl sites for hydroxylation is 1. The smallest absolute Gasteiger partial charge is 0.258 e. The van der Waals surface area contributed by atoms with Crippen LogP contribution in [0, 0.1) is 12.3 Å². The minimum Gasteiger partial charge on any atom is -0.392 e. The Kier molecular flexibility index (Phi) is 4.21. The first-order valence-electron chi connectivity index (χ1n) is 8.94. The van der Waals surface area contributed by atoms with E-state index in [1.54, 1.807) is 13.1 Å². The van der Waals surface area contributed by atoms with Crippen molar-refractivity contribution in [3.8, 4) is 11.5 Å². The van der Waals surface area contributed by atoms with Gasteiger partial charge >= 0.3 is 0 Å². The van der Waals surface area contributed by atoms with Gasteiger partial charge in [0.25, 0.3) is 5.89 Å². The third kappa shape index (κ3) is 2.81. The van der Waals surface area contributed by atoms with Crippen molar-refractivity contribution >= 4 is 5.82 Å². The Morgan fingerprint density at radius 3 is 2.84 bits per heavy atom. The van der Waals surface area contributed by atoms with E-state index in [-0.39, 0.29) is 17.6 Å². The lowest BCUT2D eigenvalue weighted by Crippen LogP contribution is -2.62. The van der Waals surface area contributed by atoms with Gasteiger partial charge in [0, 0.05) is 43.3 Å². The summed E-state index contributed by atoms with van der Waals surface area (Å²) in [6.45, 7) is 6.25. The monoisotopic (exact) mass is 344 g/mol. The third-order valence-corrected chi connectivity index (χ3v) is 5.65. The summed E-state index contributed by atoms with van der Waals surface area (Å²) in [4.78, 5) is 11.0. The maximum Gasteiger partial charge on any atom is 0.258 e. The molecule has 7 heteroatoms. The predicted octanol–water partition coefficient (Wildman–Crippen LogP) is 2.20. The van der Waals surface area contributed by atoms with Crippen molar-refractivity contribution in [3.63, 3.8) is 0 Å². The van der Waals surface area contributed by atoms with Crippen LogP contribution in [0.3, 0.4) is 0 Å². The molecule has 2 aromatic rings. The zero-order valence-electron chi connectivity index (χ0n) is 14.7. The first-order chi connectivity index (χ1) is 12.1. The number of nitrogens with zero attached hydrogens (tertiary/aromatic N) is 4. The van der Waals surface area contributed by atoms with Crippen LogP contribution in [0.5, 0.6) is 0 Å². The Morgan fingerprint density at radius 1 is 1.40 bits per heavy atom. The summed E-state index contributed by atoms with van der Waals surface area (Å²) >= 11 is 0. The van der Waals surface area contributed by atoms with Crippen LogP contribution < -0.4 is 4.90 Å². The van der Waals surface area contributed by atoms with E-state index in [1.165, 1.54) is 0 Å². The summed E-state index contributed by atoms with van der Waals surface area (Å²) in [6.07, 6.45) is 4.32. The van der Waals surface area contributed by atoms with Crippen LogP contribution in [-0.4, -0.2) is 52.1 Å². The van der Waals surface area contributed by atoms with Crippen molar-refractivity contribution < 1.29 is 14.4 Å². The highest BCUT2D eigenvalue weighted by Gasteiger charge is 2.56. The molecule has 0 radical (unpaired) electrons. The van der Waals surface area contributed by atoms with Crippen molar-refractivity contribution in [2.24, 2.45) is 5.41 Å². The van der Waals surface area contributed by atoms with Gasteiger partial charge in [-0.25, -0.2) is 4.98 Å². The Balaban J connectivity index is 1.48. The number of pyridine rings is 1. The molecule has 2 unspecified atom stereocenters. The molecule has 1 aliphatic heterocycles. The van der Waals surface area contributed by atoms with Gasteiger partial charge in [0.1, 0.15) is 5.82 Å². The first-order valence-corrected chi connectivity index (χ1v) is 8.94. The molecule has 7 nitrogen and oxygen atoms in total. The molecule has 1 N–H and O–H groups in total. The highest BCUT2D eigenvalue weighted by molar-refractivity contribution is 5.58. The van der Waals surface area contributed by atoms with Crippen LogP contribution in [0.15, 0.2) is 22.9 Å². The number of aliphatic hydroxyl groups excluding tert-OH is 1. The van der Waals surface area contributed by atoms with E-state index in [0.29, 0.717) is 18.3 Å². The van der Waals surface area contributed by atoms with Gasteiger partial charge in [0.15, 0.2) is 5.82 Å². The van der Waals surface area contributed by atoms with Gasteiger partial charge in [-0.2, -0.15) is 4.98 Å². The predicted molar refractivity (Wildman–Crippen MR) is 92.2 cm³/mol. The van der Waals surface area contributed by atoms with E-state index in [2.05, 4.69) is 20.0 Å². The third-order valence-electron chi connectivity index (χ3n) is 5.65. The minimum absolute atomic E-state index is 0.0757. The van der Waals surface area contributed by atoms with Crippen LogP contribution in [0.1, 0.15) is 32.0 Å². The average molecular weight is 344 g/mol. The molecule has 0 bridgehead atoms. The van der Waals surface area contributed by atoms with E-state index >= 15 is 0 Å². The fourth-order valence-corrected chi connectivity index (χ4v) is 4.11. The van der Waals surface area contributed by atoms with Gasteiger partial charge in [0.05, 0.1) is 12.2 Å². The molecule has 2 aliphatic rings. The van der Waals surface area contributed by atoms with Crippen LogP contribution in [0.2, 0.25) is 0 Å². The van der Waals surface area contributed by atoms with E-state index < -0.39 is 0 Å². The number of aromatic nitrogens is 3. The number of piperidine rings is 1. The molecule has 4 rings (SSSR count). The van der Waals surface area contributed by atoms with Gasteiger partial charge < -0.3 is 19.3 Å². The van der Waals surface area contributed by atoms with Crippen molar-refractivity contribution in [2.45, 2.75) is 45.3 Å². The molecule has 134 valence electrons. The van der Waals surface area contributed by atoms with Crippen molar-refractivity contribution in [2.75, 3.05) is 24.6 Å². The SMILES string of the molecule is CCOC1CC(O)C12CCN(c1cc(-c3nc(C)no3)ccn1)CC2. The van der Waals surface area contributed by atoms with Crippen LogP contribution >= 0.6 is 0 Å². The quantitative estimate of drug-likeness (QED) is 0.910. The van der Waals surface area contributed by atoms with Gasteiger partial charge in [-0.3, -0.25) is 0 Å². The summed E-state index contributed by atoms with van der Waals surface area (Å²) in [5.41, 5.74) is 0.801. The number of ether oxygens (including phenoxy) is 1. The highest BCUT2D eigenvalue weighted by atomic mass is 16.5. The number of hydrogen-bond acceptors (Lipinski definition) is 7. The molecule has 0 aromatic carbocycles. The summed E-state index contributed by atoms with van der Waals surface area (Å²) in [5, 5.41) is 14.2. The molecule has 25 heavy (non-hydrogen) atoms. The van der Waals surface area contributed by atoms with Crippen LogP contribution in [-0.2, 0) is 4.74 Å². The Hall–Kier alpha value is -1.99. The number of rotatable bonds is 4. The Bertz CT molecular complexity index is 737. The minimum atomic E-state index is -0.244. The van der Waals surface area contributed by atoms with Crippen molar-refractivity contribution in [1.29, 1.82) is 0 Å². The maximum absolute atomic E-state index is 10.3. The lowest BCUT2D eigenvalue weighted by molar-refractivity contribution is -0.199. The normalized spacial score (nSPS) is 25.2. The molecule has 1 aliphatic carbocycles. The number of aliphatic hydroxyl groups is 1. The topological polar surface area (TPSA) is 84.5 Å². The Morgan fingerprint density at radius 2 is 2.20 bits per heavy atom. The molecule has 3 heterocycles. The van der Waals surface area contributed by atoms with E-state index in [1.807, 2.05) is 19.1 Å². The van der Waals surface area contributed by atoms with E-state index in [9.17, 15) is 5.11 Å². The maximum atomic E-state index is 10.3. The second-order valence-corrected chi connectivity index (χ2v) is 6.97. The second kappa shape index (κ2) is 6.38. The average Bonchev–Trinajstić information content (AvgIpc) is 3.08. The lowest BCUT2D eigenvalue weighted by atomic mass is 9.58.